The predicted molar refractivity (Wildman–Crippen MR) is 81.3 cm³/mol. The number of benzene rings is 1. The summed E-state index contributed by atoms with van der Waals surface area (Å²) in [5, 5.41) is 3.41. The molecule has 0 saturated carbocycles. The van der Waals surface area contributed by atoms with Crippen molar-refractivity contribution in [1.29, 1.82) is 0 Å². The van der Waals surface area contributed by atoms with E-state index in [0.717, 1.165) is 19.4 Å². The molecule has 1 atom stereocenters. The van der Waals surface area contributed by atoms with E-state index in [9.17, 15) is 9.18 Å². The van der Waals surface area contributed by atoms with Gasteiger partial charge in [0, 0.05) is 23.1 Å². The molecule has 1 N–H and O–H groups in total. The van der Waals surface area contributed by atoms with Gasteiger partial charge in [0.25, 0.3) is 5.91 Å². The minimum Gasteiger partial charge on any atom is -0.335 e. The number of carbonyl (C=O) groups excluding carboxylic acids is 1. The van der Waals surface area contributed by atoms with Crippen LogP contribution in [0, 0.1) is 5.82 Å². The standard InChI is InChI=1S/C15H20BrFN2O/c1-10(2)19(9-12-4-3-7-18-12)15(20)13-6-5-11(17)8-14(13)16/h5-6,8,10,12,18H,3-4,7,9H2,1-2H3. The molecule has 1 heterocycles. The van der Waals surface area contributed by atoms with Gasteiger partial charge in [0.2, 0.25) is 0 Å². The maximum Gasteiger partial charge on any atom is 0.255 e. The molecular formula is C15H20BrFN2O. The fourth-order valence-corrected chi connectivity index (χ4v) is 3.02. The third-order valence-corrected chi connectivity index (χ3v) is 4.28. The number of rotatable bonds is 4. The SMILES string of the molecule is CC(C)N(CC1CCCN1)C(=O)c1ccc(F)cc1Br. The lowest BCUT2D eigenvalue weighted by Crippen LogP contribution is -2.44. The first-order valence-electron chi connectivity index (χ1n) is 6.98. The number of hydrogen-bond acceptors (Lipinski definition) is 2. The second-order valence-electron chi connectivity index (χ2n) is 5.47. The van der Waals surface area contributed by atoms with Gasteiger partial charge in [-0.05, 0) is 67.4 Å². The van der Waals surface area contributed by atoms with Crippen LogP contribution in [0.1, 0.15) is 37.0 Å². The minimum absolute atomic E-state index is 0.0550. The molecule has 3 nitrogen and oxygen atoms in total. The molecule has 20 heavy (non-hydrogen) atoms. The molecule has 1 aromatic rings. The number of carbonyl (C=O) groups is 1. The molecule has 1 saturated heterocycles. The molecule has 110 valence electrons. The quantitative estimate of drug-likeness (QED) is 0.911. The topological polar surface area (TPSA) is 32.3 Å². The predicted octanol–water partition coefficient (Wildman–Crippen LogP) is 3.19. The van der Waals surface area contributed by atoms with Crippen LogP contribution in [0.15, 0.2) is 22.7 Å². The van der Waals surface area contributed by atoms with Gasteiger partial charge in [-0.3, -0.25) is 4.79 Å². The van der Waals surface area contributed by atoms with E-state index >= 15 is 0 Å². The molecule has 0 radical (unpaired) electrons. The van der Waals surface area contributed by atoms with E-state index in [4.69, 9.17) is 0 Å². The monoisotopic (exact) mass is 342 g/mol. The highest BCUT2D eigenvalue weighted by Crippen LogP contribution is 2.21. The molecule has 0 bridgehead atoms. The Morgan fingerprint density at radius 2 is 2.30 bits per heavy atom. The number of nitrogens with zero attached hydrogens (tertiary/aromatic N) is 1. The summed E-state index contributed by atoms with van der Waals surface area (Å²) in [6.45, 7) is 5.72. The van der Waals surface area contributed by atoms with Crippen LogP contribution in [0.25, 0.3) is 0 Å². The van der Waals surface area contributed by atoms with E-state index in [1.54, 1.807) is 6.07 Å². The van der Waals surface area contributed by atoms with Crippen LogP contribution >= 0.6 is 15.9 Å². The van der Waals surface area contributed by atoms with Crippen LogP contribution in [0.5, 0.6) is 0 Å². The molecule has 0 spiro atoms. The summed E-state index contributed by atoms with van der Waals surface area (Å²) in [6, 6.07) is 4.67. The first kappa shape index (κ1) is 15.4. The van der Waals surface area contributed by atoms with E-state index in [1.165, 1.54) is 12.1 Å². The highest BCUT2D eigenvalue weighted by atomic mass is 79.9. The summed E-state index contributed by atoms with van der Waals surface area (Å²) in [6.07, 6.45) is 2.26. The first-order chi connectivity index (χ1) is 9.49. The lowest BCUT2D eigenvalue weighted by molar-refractivity contribution is 0.0688. The second kappa shape index (κ2) is 6.68. The van der Waals surface area contributed by atoms with Crippen molar-refractivity contribution in [3.63, 3.8) is 0 Å². The fraction of sp³-hybridized carbons (Fsp3) is 0.533. The van der Waals surface area contributed by atoms with Crippen molar-refractivity contribution in [1.82, 2.24) is 10.2 Å². The third-order valence-electron chi connectivity index (χ3n) is 3.63. The van der Waals surface area contributed by atoms with Gasteiger partial charge >= 0.3 is 0 Å². The van der Waals surface area contributed by atoms with Crippen molar-refractivity contribution in [3.8, 4) is 0 Å². The molecule has 1 aliphatic rings. The summed E-state index contributed by atoms with van der Waals surface area (Å²) in [5.41, 5.74) is 0.512. The van der Waals surface area contributed by atoms with Crippen LogP contribution in [-0.2, 0) is 0 Å². The number of nitrogens with one attached hydrogen (secondary N) is 1. The molecular weight excluding hydrogens is 323 g/mol. The fourth-order valence-electron chi connectivity index (χ4n) is 2.50. The number of amides is 1. The lowest BCUT2D eigenvalue weighted by atomic mass is 10.1. The Bertz CT molecular complexity index is 487. The molecule has 0 aliphatic carbocycles. The molecule has 1 amide bonds. The van der Waals surface area contributed by atoms with Crippen molar-refractivity contribution in [2.24, 2.45) is 0 Å². The van der Waals surface area contributed by atoms with E-state index in [1.807, 2.05) is 18.7 Å². The van der Waals surface area contributed by atoms with Gasteiger partial charge in [0.15, 0.2) is 0 Å². The van der Waals surface area contributed by atoms with Crippen molar-refractivity contribution >= 4 is 21.8 Å². The first-order valence-corrected chi connectivity index (χ1v) is 7.77. The van der Waals surface area contributed by atoms with Crippen molar-refractivity contribution < 1.29 is 9.18 Å². The number of hydrogen-bond donors (Lipinski definition) is 1. The molecule has 1 aromatic carbocycles. The third kappa shape index (κ3) is 3.58. The maximum atomic E-state index is 13.1. The van der Waals surface area contributed by atoms with Gasteiger partial charge in [-0.1, -0.05) is 0 Å². The van der Waals surface area contributed by atoms with Gasteiger partial charge in [-0.15, -0.1) is 0 Å². The van der Waals surface area contributed by atoms with Gasteiger partial charge in [0.1, 0.15) is 5.82 Å². The van der Waals surface area contributed by atoms with Gasteiger partial charge in [-0.2, -0.15) is 0 Å². The van der Waals surface area contributed by atoms with E-state index in [-0.39, 0.29) is 17.8 Å². The van der Waals surface area contributed by atoms with Gasteiger partial charge in [0.05, 0.1) is 5.56 Å². The summed E-state index contributed by atoms with van der Waals surface area (Å²) in [5.74, 6) is -0.400. The van der Waals surface area contributed by atoms with Crippen LogP contribution in [0.2, 0.25) is 0 Å². The Kier molecular flexibility index (Phi) is 5.16. The Hall–Kier alpha value is -0.940. The highest BCUT2D eigenvalue weighted by Gasteiger charge is 2.25. The Morgan fingerprint density at radius 1 is 1.55 bits per heavy atom. The normalized spacial score (nSPS) is 18.6. The van der Waals surface area contributed by atoms with Gasteiger partial charge < -0.3 is 10.2 Å². The molecule has 1 unspecified atom stereocenters. The molecule has 0 aromatic heterocycles. The average molecular weight is 343 g/mol. The van der Waals surface area contributed by atoms with E-state index in [2.05, 4.69) is 21.2 Å². The highest BCUT2D eigenvalue weighted by molar-refractivity contribution is 9.10. The maximum absolute atomic E-state index is 13.1. The second-order valence-corrected chi connectivity index (χ2v) is 6.32. The molecule has 1 aliphatic heterocycles. The summed E-state index contributed by atoms with van der Waals surface area (Å²) >= 11 is 3.27. The van der Waals surface area contributed by atoms with Crippen molar-refractivity contribution in [3.05, 3.63) is 34.1 Å². The van der Waals surface area contributed by atoms with Gasteiger partial charge in [-0.25, -0.2) is 4.39 Å². The smallest absolute Gasteiger partial charge is 0.255 e. The van der Waals surface area contributed by atoms with Crippen molar-refractivity contribution in [2.45, 2.75) is 38.8 Å². The lowest BCUT2D eigenvalue weighted by Gasteiger charge is -2.30. The Morgan fingerprint density at radius 3 is 2.85 bits per heavy atom. The van der Waals surface area contributed by atoms with E-state index < -0.39 is 0 Å². The summed E-state index contributed by atoms with van der Waals surface area (Å²) in [4.78, 5) is 14.5. The van der Waals surface area contributed by atoms with Crippen LogP contribution < -0.4 is 5.32 Å². The Labute approximate surface area is 127 Å². The zero-order chi connectivity index (χ0) is 14.7. The average Bonchev–Trinajstić information content (AvgIpc) is 2.87. The summed E-state index contributed by atoms with van der Waals surface area (Å²) < 4.78 is 13.6. The zero-order valence-electron chi connectivity index (χ0n) is 11.8. The largest absolute Gasteiger partial charge is 0.335 e. The molecule has 2 rings (SSSR count). The van der Waals surface area contributed by atoms with Crippen LogP contribution in [-0.4, -0.2) is 36.0 Å². The number of halogens is 2. The Balaban J connectivity index is 2.17. The molecule has 1 fully saturated rings. The van der Waals surface area contributed by atoms with Crippen LogP contribution in [0.4, 0.5) is 4.39 Å². The van der Waals surface area contributed by atoms with Crippen molar-refractivity contribution in [2.75, 3.05) is 13.1 Å². The summed E-state index contributed by atoms with van der Waals surface area (Å²) in [7, 11) is 0. The minimum atomic E-state index is -0.345. The van der Waals surface area contributed by atoms with Crippen LogP contribution in [0.3, 0.4) is 0 Å². The van der Waals surface area contributed by atoms with E-state index in [0.29, 0.717) is 22.6 Å². The zero-order valence-corrected chi connectivity index (χ0v) is 13.4. The molecule has 5 heteroatoms.